The molecular weight excluding hydrogens is 457 g/mol. The van der Waals surface area contributed by atoms with E-state index < -0.39 is 0 Å². The molecule has 1 aromatic rings. The summed E-state index contributed by atoms with van der Waals surface area (Å²) in [5.41, 5.74) is 1.18. The van der Waals surface area contributed by atoms with Crippen LogP contribution in [0, 0.1) is 0 Å². The lowest BCUT2D eigenvalue weighted by atomic mass is 9.99. The summed E-state index contributed by atoms with van der Waals surface area (Å²) in [7, 11) is 1.81. The van der Waals surface area contributed by atoms with E-state index in [4.69, 9.17) is 16.3 Å². The molecule has 2 rings (SSSR count). The number of hydrogen-bond donors (Lipinski definition) is 2. The third-order valence-corrected chi connectivity index (χ3v) is 6.03. The molecule has 7 heteroatoms. The molecule has 0 spiro atoms. The summed E-state index contributed by atoms with van der Waals surface area (Å²) in [4.78, 5) is 4.35. The van der Waals surface area contributed by atoms with Gasteiger partial charge in [-0.1, -0.05) is 23.7 Å². The molecule has 4 nitrogen and oxygen atoms in total. The van der Waals surface area contributed by atoms with Crippen molar-refractivity contribution < 1.29 is 4.74 Å². The van der Waals surface area contributed by atoms with E-state index in [9.17, 15) is 0 Å². The van der Waals surface area contributed by atoms with E-state index in [0.717, 1.165) is 43.6 Å². The molecule has 1 aliphatic heterocycles. The fourth-order valence-electron chi connectivity index (χ4n) is 2.68. The molecule has 1 saturated heterocycles. The van der Waals surface area contributed by atoms with Gasteiger partial charge in [-0.15, -0.1) is 24.0 Å². The lowest BCUT2D eigenvalue weighted by molar-refractivity contribution is 0.0782. The standard InChI is InChI=1S/C17H26ClN3OS.HI/c1-13(14-4-6-15(18)7-5-14)21-16(19-2)20-12-17(23-3)8-10-22-11-9-17;/h4-7,13H,8-12H2,1-3H3,(H2,19,20,21);1H. The topological polar surface area (TPSA) is 45.7 Å². The minimum absolute atomic E-state index is 0. The molecule has 1 unspecified atom stereocenters. The molecule has 1 aromatic carbocycles. The first kappa shape index (κ1) is 21.9. The Hall–Kier alpha value is -0.180. The Morgan fingerprint density at radius 3 is 2.50 bits per heavy atom. The molecule has 1 atom stereocenters. The van der Waals surface area contributed by atoms with Crippen LogP contribution in [0.4, 0.5) is 0 Å². The number of hydrogen-bond acceptors (Lipinski definition) is 3. The van der Waals surface area contributed by atoms with E-state index in [-0.39, 0.29) is 34.8 Å². The van der Waals surface area contributed by atoms with Crippen molar-refractivity contribution >= 4 is 53.3 Å². The van der Waals surface area contributed by atoms with Crippen molar-refractivity contribution in [3.8, 4) is 0 Å². The Labute approximate surface area is 171 Å². The van der Waals surface area contributed by atoms with Crippen molar-refractivity contribution in [3.05, 3.63) is 34.9 Å². The quantitative estimate of drug-likeness (QED) is 0.376. The van der Waals surface area contributed by atoms with Crippen molar-refractivity contribution in [2.75, 3.05) is 33.1 Å². The van der Waals surface area contributed by atoms with Crippen LogP contribution in [-0.4, -0.2) is 43.8 Å². The summed E-state index contributed by atoms with van der Waals surface area (Å²) in [5.74, 6) is 0.826. The van der Waals surface area contributed by atoms with Crippen LogP contribution < -0.4 is 10.6 Å². The smallest absolute Gasteiger partial charge is 0.191 e. The first-order valence-electron chi connectivity index (χ1n) is 7.94. The SMILES string of the molecule is CN=C(NCC1(SC)CCOCC1)NC(C)c1ccc(Cl)cc1.I. The van der Waals surface area contributed by atoms with Crippen molar-refractivity contribution in [2.45, 2.75) is 30.6 Å². The second-order valence-electron chi connectivity index (χ2n) is 5.84. The number of thioether (sulfide) groups is 1. The van der Waals surface area contributed by atoms with Gasteiger partial charge < -0.3 is 15.4 Å². The van der Waals surface area contributed by atoms with E-state index in [1.165, 1.54) is 5.56 Å². The van der Waals surface area contributed by atoms with Gasteiger partial charge in [-0.05, 0) is 43.7 Å². The van der Waals surface area contributed by atoms with Gasteiger partial charge in [0, 0.05) is 36.6 Å². The van der Waals surface area contributed by atoms with Gasteiger partial charge in [0.2, 0.25) is 0 Å². The van der Waals surface area contributed by atoms with E-state index in [2.05, 4.69) is 28.8 Å². The average Bonchev–Trinajstić information content (AvgIpc) is 2.59. The molecule has 24 heavy (non-hydrogen) atoms. The normalized spacial score (nSPS) is 18.4. The van der Waals surface area contributed by atoms with Gasteiger partial charge in [-0.2, -0.15) is 11.8 Å². The Kier molecular flexibility index (Phi) is 9.77. The molecule has 0 saturated carbocycles. The lowest BCUT2D eigenvalue weighted by Gasteiger charge is -2.36. The highest BCUT2D eigenvalue weighted by Gasteiger charge is 2.31. The van der Waals surface area contributed by atoms with Crippen LogP contribution in [0.5, 0.6) is 0 Å². The van der Waals surface area contributed by atoms with Crippen LogP contribution in [0.15, 0.2) is 29.3 Å². The average molecular weight is 484 g/mol. The van der Waals surface area contributed by atoms with Crippen molar-refractivity contribution in [1.29, 1.82) is 0 Å². The van der Waals surface area contributed by atoms with E-state index in [1.807, 2.05) is 36.0 Å². The Bertz CT molecular complexity index is 521. The first-order chi connectivity index (χ1) is 11.1. The van der Waals surface area contributed by atoms with Crippen LogP contribution in [0.1, 0.15) is 31.4 Å². The minimum Gasteiger partial charge on any atom is -0.381 e. The number of rotatable bonds is 5. The van der Waals surface area contributed by atoms with Crippen LogP contribution in [0.2, 0.25) is 5.02 Å². The van der Waals surface area contributed by atoms with E-state index >= 15 is 0 Å². The van der Waals surface area contributed by atoms with Crippen LogP contribution >= 0.6 is 47.3 Å². The first-order valence-corrected chi connectivity index (χ1v) is 9.54. The van der Waals surface area contributed by atoms with Crippen LogP contribution in [-0.2, 0) is 4.74 Å². The van der Waals surface area contributed by atoms with Gasteiger partial charge >= 0.3 is 0 Å². The zero-order chi connectivity index (χ0) is 16.7. The predicted octanol–water partition coefficient (Wildman–Crippen LogP) is 4.10. The minimum atomic E-state index is 0. The van der Waals surface area contributed by atoms with E-state index in [0.29, 0.717) is 0 Å². The summed E-state index contributed by atoms with van der Waals surface area (Å²) < 4.78 is 5.73. The van der Waals surface area contributed by atoms with Crippen LogP contribution in [0.3, 0.4) is 0 Å². The number of halogens is 2. The summed E-state index contributed by atoms with van der Waals surface area (Å²) >= 11 is 7.87. The highest BCUT2D eigenvalue weighted by Crippen LogP contribution is 2.32. The second-order valence-corrected chi connectivity index (χ2v) is 7.55. The highest BCUT2D eigenvalue weighted by molar-refractivity contribution is 14.0. The Morgan fingerprint density at radius 1 is 1.33 bits per heavy atom. The highest BCUT2D eigenvalue weighted by atomic mass is 127. The fourth-order valence-corrected chi connectivity index (χ4v) is 3.59. The third kappa shape index (κ3) is 6.28. The van der Waals surface area contributed by atoms with Gasteiger partial charge in [-0.3, -0.25) is 4.99 Å². The van der Waals surface area contributed by atoms with Gasteiger partial charge in [0.15, 0.2) is 5.96 Å². The number of benzene rings is 1. The summed E-state index contributed by atoms with van der Waals surface area (Å²) in [6.07, 6.45) is 4.33. The van der Waals surface area contributed by atoms with Gasteiger partial charge in [0.1, 0.15) is 0 Å². The van der Waals surface area contributed by atoms with Crippen molar-refractivity contribution in [2.24, 2.45) is 4.99 Å². The molecule has 1 aliphatic rings. The lowest BCUT2D eigenvalue weighted by Crippen LogP contribution is -2.48. The summed E-state index contributed by atoms with van der Waals surface area (Å²) in [5, 5.41) is 7.67. The maximum atomic E-state index is 5.95. The molecule has 1 heterocycles. The van der Waals surface area contributed by atoms with Gasteiger partial charge in [0.05, 0.1) is 6.04 Å². The van der Waals surface area contributed by atoms with Crippen molar-refractivity contribution in [1.82, 2.24) is 10.6 Å². The molecule has 0 amide bonds. The molecule has 0 radical (unpaired) electrons. The maximum Gasteiger partial charge on any atom is 0.191 e. The van der Waals surface area contributed by atoms with Crippen LogP contribution in [0.25, 0.3) is 0 Å². The molecular formula is C17H27ClIN3OS. The number of aliphatic imine (C=N–C) groups is 1. The largest absolute Gasteiger partial charge is 0.381 e. The number of nitrogens with one attached hydrogen (secondary N) is 2. The predicted molar refractivity (Wildman–Crippen MR) is 116 cm³/mol. The van der Waals surface area contributed by atoms with E-state index in [1.54, 1.807) is 7.05 Å². The zero-order valence-electron chi connectivity index (χ0n) is 14.5. The summed E-state index contributed by atoms with van der Waals surface area (Å²) in [6, 6.07) is 8.06. The molecule has 1 fully saturated rings. The number of nitrogens with zero attached hydrogens (tertiary/aromatic N) is 1. The number of ether oxygens (including phenoxy) is 1. The fraction of sp³-hybridized carbons (Fsp3) is 0.588. The maximum absolute atomic E-state index is 5.95. The summed E-state index contributed by atoms with van der Waals surface area (Å²) in [6.45, 7) is 4.70. The molecule has 136 valence electrons. The molecule has 2 N–H and O–H groups in total. The molecule has 0 aromatic heterocycles. The zero-order valence-corrected chi connectivity index (χ0v) is 18.4. The van der Waals surface area contributed by atoms with Crippen molar-refractivity contribution in [3.63, 3.8) is 0 Å². The Balaban J connectivity index is 0.00000288. The number of guanidine groups is 1. The third-order valence-electron chi connectivity index (χ3n) is 4.36. The Morgan fingerprint density at radius 2 is 1.96 bits per heavy atom. The molecule has 0 aliphatic carbocycles. The second kappa shape index (κ2) is 10.7. The van der Waals surface area contributed by atoms with Gasteiger partial charge in [-0.25, -0.2) is 0 Å². The monoisotopic (exact) mass is 483 g/mol. The van der Waals surface area contributed by atoms with Gasteiger partial charge in [0.25, 0.3) is 0 Å². The molecule has 0 bridgehead atoms.